The molecule has 9 nitrogen and oxygen atoms in total. The molecule has 37 heavy (non-hydrogen) atoms. The number of aromatic nitrogens is 5. The maximum absolute atomic E-state index is 14.6. The van der Waals surface area contributed by atoms with Crippen LogP contribution in [0.1, 0.15) is 50.0 Å². The first-order valence-corrected chi connectivity index (χ1v) is 11.9. The zero-order valence-corrected chi connectivity index (χ0v) is 21.8. The molecule has 0 spiro atoms. The van der Waals surface area contributed by atoms with E-state index < -0.39 is 5.95 Å². The van der Waals surface area contributed by atoms with Crippen molar-refractivity contribution in [1.29, 1.82) is 0 Å². The topological polar surface area (TPSA) is 107 Å². The van der Waals surface area contributed by atoms with Gasteiger partial charge in [-0.25, -0.2) is 15.0 Å². The molecule has 0 saturated heterocycles. The number of para-hydroxylation sites is 1. The van der Waals surface area contributed by atoms with E-state index in [0.717, 1.165) is 0 Å². The minimum atomic E-state index is -0.543. The minimum Gasteiger partial charge on any atom is -0.494 e. The molecule has 3 heterocycles. The third kappa shape index (κ3) is 5.58. The van der Waals surface area contributed by atoms with Crippen molar-refractivity contribution in [2.75, 3.05) is 17.7 Å². The number of nitrogens with zero attached hydrogens (tertiary/aromatic N) is 5. The van der Waals surface area contributed by atoms with Crippen LogP contribution in [0, 0.1) is 5.95 Å². The zero-order chi connectivity index (χ0) is 26.7. The quantitative estimate of drug-likeness (QED) is 0.230. The lowest BCUT2D eigenvalue weighted by Gasteiger charge is -2.19. The van der Waals surface area contributed by atoms with Crippen LogP contribution in [0.4, 0.5) is 27.4 Å². The maximum atomic E-state index is 14.6. The van der Waals surface area contributed by atoms with Gasteiger partial charge in [0.1, 0.15) is 18.0 Å². The summed E-state index contributed by atoms with van der Waals surface area (Å²) in [6.07, 6.45) is 3.41. The summed E-state index contributed by atoms with van der Waals surface area (Å²) >= 11 is 0. The number of methoxy groups -OCH3 is 1. The number of halogens is 1. The molecular weight excluding hydrogens is 473 g/mol. The normalized spacial score (nSPS) is 11.3. The van der Waals surface area contributed by atoms with Crippen LogP contribution in [0.25, 0.3) is 11.4 Å². The number of ether oxygens (including phenoxy) is 1. The van der Waals surface area contributed by atoms with E-state index in [1.807, 2.05) is 39.0 Å². The lowest BCUT2D eigenvalue weighted by molar-refractivity contribution is 0.0988. The largest absolute Gasteiger partial charge is 0.494 e. The number of Topliss-reactive ketones (excluding diaryl/α,β-unsaturated/α-hetero) is 1. The summed E-state index contributed by atoms with van der Waals surface area (Å²) in [6, 6.07) is 10.6. The van der Waals surface area contributed by atoms with Gasteiger partial charge in [-0.1, -0.05) is 39.8 Å². The van der Waals surface area contributed by atoms with Gasteiger partial charge in [0.05, 0.1) is 29.6 Å². The van der Waals surface area contributed by atoms with Gasteiger partial charge in [0.15, 0.2) is 17.4 Å². The average molecular weight is 504 g/mol. The molecule has 4 rings (SSSR count). The van der Waals surface area contributed by atoms with Gasteiger partial charge in [-0.2, -0.15) is 9.49 Å². The third-order valence-corrected chi connectivity index (χ3v) is 5.77. The summed E-state index contributed by atoms with van der Waals surface area (Å²) in [5.74, 6) is 1.11. The van der Waals surface area contributed by atoms with Crippen LogP contribution in [-0.4, -0.2) is 37.6 Å². The Morgan fingerprint density at radius 1 is 1.08 bits per heavy atom. The van der Waals surface area contributed by atoms with Crippen LogP contribution in [0.15, 0.2) is 48.9 Å². The van der Waals surface area contributed by atoms with Crippen LogP contribution in [0.2, 0.25) is 0 Å². The van der Waals surface area contributed by atoms with Crippen molar-refractivity contribution in [3.05, 3.63) is 66.0 Å². The summed E-state index contributed by atoms with van der Waals surface area (Å²) < 4.78 is 21.9. The molecule has 0 unspecified atom stereocenters. The van der Waals surface area contributed by atoms with E-state index in [1.165, 1.54) is 6.20 Å². The van der Waals surface area contributed by atoms with Crippen molar-refractivity contribution >= 4 is 28.8 Å². The second-order valence-corrected chi connectivity index (χ2v) is 9.55. The van der Waals surface area contributed by atoms with Crippen molar-refractivity contribution in [2.45, 2.75) is 39.5 Å². The van der Waals surface area contributed by atoms with Crippen molar-refractivity contribution in [2.24, 2.45) is 7.05 Å². The standard InChI is InChI=1S/C27H30FN7O2/c1-7-21(36)17-14-29-23(32-22-12-11-18(25(28)33-22)27(2,3)4)13-20(17)31-19-10-8-9-16(24(19)37-6)26-30-15-35(5)34-26/h8-15H,7H2,1-6H3,(H2,29,31,32,33). The molecule has 10 heteroatoms. The monoisotopic (exact) mass is 503 g/mol. The van der Waals surface area contributed by atoms with E-state index in [9.17, 15) is 9.18 Å². The number of rotatable bonds is 8. The number of hydrogen-bond acceptors (Lipinski definition) is 8. The van der Waals surface area contributed by atoms with Gasteiger partial charge >= 0.3 is 0 Å². The molecule has 192 valence electrons. The zero-order valence-electron chi connectivity index (χ0n) is 21.8. The first kappa shape index (κ1) is 25.7. The maximum Gasteiger partial charge on any atom is 0.218 e. The van der Waals surface area contributed by atoms with Gasteiger partial charge in [-0.05, 0) is 23.6 Å². The van der Waals surface area contributed by atoms with E-state index >= 15 is 0 Å². The molecule has 2 N–H and O–H groups in total. The molecule has 0 fully saturated rings. The van der Waals surface area contributed by atoms with Gasteiger partial charge in [0, 0.05) is 31.3 Å². The van der Waals surface area contributed by atoms with E-state index in [0.29, 0.717) is 57.7 Å². The Kier molecular flexibility index (Phi) is 7.19. The number of anilines is 4. The molecule has 0 saturated carbocycles. The number of hydrogen-bond donors (Lipinski definition) is 2. The summed E-state index contributed by atoms with van der Waals surface area (Å²) in [5, 5.41) is 10.7. The third-order valence-electron chi connectivity index (χ3n) is 5.77. The van der Waals surface area contributed by atoms with E-state index in [2.05, 4.69) is 30.7 Å². The second-order valence-electron chi connectivity index (χ2n) is 9.55. The Bertz CT molecular complexity index is 1440. The summed E-state index contributed by atoms with van der Waals surface area (Å²) in [7, 11) is 3.35. The van der Waals surface area contributed by atoms with Gasteiger partial charge in [0.25, 0.3) is 0 Å². The highest BCUT2D eigenvalue weighted by atomic mass is 19.1. The van der Waals surface area contributed by atoms with Crippen LogP contribution in [0.5, 0.6) is 5.75 Å². The molecule has 0 amide bonds. The van der Waals surface area contributed by atoms with Crippen molar-refractivity contribution in [3.63, 3.8) is 0 Å². The molecule has 0 aliphatic heterocycles. The smallest absolute Gasteiger partial charge is 0.218 e. The van der Waals surface area contributed by atoms with Gasteiger partial charge < -0.3 is 15.4 Å². The Hall–Kier alpha value is -4.34. The highest BCUT2D eigenvalue weighted by Gasteiger charge is 2.21. The predicted molar refractivity (Wildman–Crippen MR) is 141 cm³/mol. The fraction of sp³-hybridized carbons (Fsp3) is 0.296. The Morgan fingerprint density at radius 2 is 1.86 bits per heavy atom. The molecular formula is C27H30FN7O2. The van der Waals surface area contributed by atoms with Crippen molar-refractivity contribution < 1.29 is 13.9 Å². The number of aryl methyl sites for hydroxylation is 1. The van der Waals surface area contributed by atoms with E-state index in [-0.39, 0.29) is 11.2 Å². The molecule has 3 aromatic heterocycles. The van der Waals surface area contributed by atoms with Crippen LogP contribution in [0.3, 0.4) is 0 Å². The van der Waals surface area contributed by atoms with Crippen LogP contribution in [-0.2, 0) is 12.5 Å². The number of carbonyl (C=O) groups is 1. The summed E-state index contributed by atoms with van der Waals surface area (Å²) in [5.41, 5.74) is 2.40. The SMILES string of the molecule is CCC(=O)c1cnc(Nc2ccc(C(C)(C)C)c(F)n2)cc1Nc1cccc(-c2ncn(C)n2)c1OC. The number of pyridine rings is 2. The Labute approximate surface area is 215 Å². The fourth-order valence-electron chi connectivity index (χ4n) is 3.87. The van der Waals surface area contributed by atoms with Crippen LogP contribution >= 0.6 is 0 Å². The lowest BCUT2D eigenvalue weighted by atomic mass is 9.88. The van der Waals surface area contributed by atoms with Gasteiger partial charge in [-0.3, -0.25) is 9.48 Å². The van der Waals surface area contributed by atoms with Gasteiger partial charge in [0.2, 0.25) is 5.95 Å². The molecule has 0 radical (unpaired) electrons. The Balaban J connectivity index is 1.71. The highest BCUT2D eigenvalue weighted by molar-refractivity contribution is 6.02. The first-order valence-electron chi connectivity index (χ1n) is 11.9. The van der Waals surface area contributed by atoms with Crippen molar-refractivity contribution in [3.8, 4) is 17.1 Å². The molecule has 0 aliphatic carbocycles. The van der Waals surface area contributed by atoms with E-state index in [4.69, 9.17) is 4.74 Å². The van der Waals surface area contributed by atoms with Crippen molar-refractivity contribution in [1.82, 2.24) is 24.7 Å². The molecule has 1 aromatic carbocycles. The van der Waals surface area contributed by atoms with Gasteiger partial charge in [-0.15, -0.1) is 0 Å². The number of ketones is 1. The Morgan fingerprint density at radius 3 is 2.49 bits per heavy atom. The molecule has 4 aromatic rings. The lowest BCUT2D eigenvalue weighted by Crippen LogP contribution is -2.15. The summed E-state index contributed by atoms with van der Waals surface area (Å²) in [6.45, 7) is 7.57. The molecule has 0 atom stereocenters. The minimum absolute atomic E-state index is 0.0817. The predicted octanol–water partition coefficient (Wildman–Crippen LogP) is 5.80. The van der Waals surface area contributed by atoms with Crippen LogP contribution < -0.4 is 15.4 Å². The van der Waals surface area contributed by atoms with E-state index in [1.54, 1.807) is 50.3 Å². The number of nitrogens with one attached hydrogen (secondary N) is 2. The molecule has 0 bridgehead atoms. The summed E-state index contributed by atoms with van der Waals surface area (Å²) in [4.78, 5) is 25.4. The number of carbonyl (C=O) groups excluding carboxylic acids is 1. The number of benzene rings is 1. The average Bonchev–Trinajstić information content (AvgIpc) is 3.29. The molecule has 0 aliphatic rings. The highest BCUT2D eigenvalue weighted by Crippen LogP contribution is 2.37. The second kappa shape index (κ2) is 10.3. The fourth-order valence-corrected chi connectivity index (χ4v) is 3.87. The first-order chi connectivity index (χ1) is 17.6.